The number of nitrogens with one attached hydrogen (secondary N) is 2. The van der Waals surface area contributed by atoms with Crippen molar-refractivity contribution in [3.8, 4) is 0 Å². The molecule has 0 aromatic heterocycles. The highest BCUT2D eigenvalue weighted by Crippen LogP contribution is 1.71. The fourth-order valence-electron chi connectivity index (χ4n) is 0.443. The Bertz CT molecular complexity index is 77.4. The molecular formula is C5H13ClN2Si. The minimum Gasteiger partial charge on any atom is -0.338 e. The van der Waals surface area contributed by atoms with Gasteiger partial charge in [-0.05, 0) is 12.6 Å². The fraction of sp³-hybridized carbons (Fsp3) is 0.600. The van der Waals surface area contributed by atoms with Gasteiger partial charge in [-0.3, -0.25) is 0 Å². The van der Waals surface area contributed by atoms with Crippen LogP contribution in [0, 0.1) is 0 Å². The zero-order valence-electron chi connectivity index (χ0n) is 5.65. The molecular weight excluding hydrogens is 152 g/mol. The predicted molar refractivity (Wildman–Crippen MR) is 45.5 cm³/mol. The smallest absolute Gasteiger partial charge is 0.117 e. The first-order valence-corrected chi connectivity index (χ1v) is 4.98. The summed E-state index contributed by atoms with van der Waals surface area (Å²) in [6, 6.07) is 0. The van der Waals surface area contributed by atoms with Crippen LogP contribution in [0.2, 0.25) is 0 Å². The predicted octanol–water partition coefficient (Wildman–Crippen LogP) is -0.411. The Hall–Kier alpha value is 0.167. The maximum atomic E-state index is 5.31. The SMILES string of the molecule is CNCCN[SiH2]C=CCl. The van der Waals surface area contributed by atoms with Gasteiger partial charge in [-0.2, -0.15) is 0 Å². The molecule has 0 aromatic carbocycles. The number of hydrogen-bond acceptors (Lipinski definition) is 2. The second-order valence-corrected chi connectivity index (χ2v) is 3.30. The van der Waals surface area contributed by atoms with Crippen LogP contribution in [-0.4, -0.2) is 29.8 Å². The molecule has 4 heteroatoms. The van der Waals surface area contributed by atoms with E-state index in [1.807, 2.05) is 12.7 Å². The van der Waals surface area contributed by atoms with E-state index in [1.54, 1.807) is 5.54 Å². The third-order valence-electron chi connectivity index (χ3n) is 0.903. The van der Waals surface area contributed by atoms with E-state index in [0.29, 0.717) is 0 Å². The lowest BCUT2D eigenvalue weighted by molar-refractivity contribution is 0.769. The van der Waals surface area contributed by atoms with E-state index < -0.39 is 0 Å². The molecule has 0 fully saturated rings. The number of likely N-dealkylation sites (N-methyl/N-ethyl adjacent to an activating group) is 1. The summed E-state index contributed by atoms with van der Waals surface area (Å²) in [6.07, 6.45) is 0. The number of rotatable bonds is 5. The van der Waals surface area contributed by atoms with Gasteiger partial charge in [0.1, 0.15) is 9.68 Å². The van der Waals surface area contributed by atoms with E-state index in [1.165, 1.54) is 0 Å². The average Bonchev–Trinajstić information content (AvgIpc) is 1.89. The summed E-state index contributed by atoms with van der Waals surface area (Å²) in [5.74, 6) is 0. The van der Waals surface area contributed by atoms with Crippen molar-refractivity contribution in [2.45, 2.75) is 0 Å². The van der Waals surface area contributed by atoms with Gasteiger partial charge in [0.25, 0.3) is 0 Å². The van der Waals surface area contributed by atoms with Gasteiger partial charge in [0, 0.05) is 13.1 Å². The molecule has 0 saturated heterocycles. The van der Waals surface area contributed by atoms with Gasteiger partial charge in [-0.15, -0.1) is 0 Å². The van der Waals surface area contributed by atoms with Gasteiger partial charge >= 0.3 is 0 Å². The summed E-state index contributed by atoms with van der Waals surface area (Å²) in [4.78, 5) is 3.29. The first-order chi connectivity index (χ1) is 4.41. The van der Waals surface area contributed by atoms with E-state index >= 15 is 0 Å². The van der Waals surface area contributed by atoms with Crippen LogP contribution in [0.5, 0.6) is 0 Å². The lowest BCUT2D eigenvalue weighted by atomic mass is 10.7. The molecule has 0 unspecified atom stereocenters. The highest BCUT2D eigenvalue weighted by molar-refractivity contribution is 6.42. The van der Waals surface area contributed by atoms with Crippen molar-refractivity contribution in [2.75, 3.05) is 20.1 Å². The minimum absolute atomic E-state index is 0.212. The average molecular weight is 165 g/mol. The molecule has 54 valence electrons. The van der Waals surface area contributed by atoms with Crippen LogP contribution >= 0.6 is 11.6 Å². The van der Waals surface area contributed by atoms with Gasteiger partial charge in [-0.25, -0.2) is 0 Å². The molecule has 0 aliphatic carbocycles. The summed E-state index contributed by atoms with van der Waals surface area (Å²) in [5.41, 5.74) is 3.59. The molecule has 2 N–H and O–H groups in total. The summed E-state index contributed by atoms with van der Waals surface area (Å²) >= 11 is 5.31. The van der Waals surface area contributed by atoms with Gasteiger partial charge in [-0.1, -0.05) is 17.3 Å². The van der Waals surface area contributed by atoms with Crippen LogP contribution in [0.4, 0.5) is 0 Å². The normalized spacial score (nSPS) is 12.2. The zero-order chi connectivity index (χ0) is 6.95. The van der Waals surface area contributed by atoms with E-state index in [2.05, 4.69) is 10.3 Å². The van der Waals surface area contributed by atoms with E-state index in [4.69, 9.17) is 11.6 Å². The Morgan fingerprint density at radius 3 is 2.89 bits per heavy atom. The lowest BCUT2D eigenvalue weighted by Gasteiger charge is -1.97. The monoisotopic (exact) mass is 164 g/mol. The maximum Gasteiger partial charge on any atom is 0.117 e. The zero-order valence-corrected chi connectivity index (χ0v) is 7.82. The van der Waals surface area contributed by atoms with Crippen LogP contribution in [0.1, 0.15) is 0 Å². The number of hydrogen-bond donors (Lipinski definition) is 2. The van der Waals surface area contributed by atoms with E-state index in [0.717, 1.165) is 13.1 Å². The summed E-state index contributed by atoms with van der Waals surface area (Å²) in [7, 11) is 1.73. The molecule has 9 heavy (non-hydrogen) atoms. The van der Waals surface area contributed by atoms with Crippen molar-refractivity contribution in [3.05, 3.63) is 11.2 Å². The van der Waals surface area contributed by atoms with Gasteiger partial charge in [0.2, 0.25) is 0 Å². The molecule has 0 bridgehead atoms. The molecule has 0 spiro atoms. The van der Waals surface area contributed by atoms with Gasteiger partial charge in [0.15, 0.2) is 0 Å². The van der Waals surface area contributed by atoms with Crippen molar-refractivity contribution in [3.63, 3.8) is 0 Å². The molecule has 0 amide bonds. The Morgan fingerprint density at radius 2 is 2.33 bits per heavy atom. The van der Waals surface area contributed by atoms with Crippen LogP contribution in [0.3, 0.4) is 0 Å². The first kappa shape index (κ1) is 9.17. The quantitative estimate of drug-likeness (QED) is 0.427. The van der Waals surface area contributed by atoms with Gasteiger partial charge < -0.3 is 10.3 Å². The topological polar surface area (TPSA) is 24.1 Å². The second kappa shape index (κ2) is 8.17. The minimum atomic E-state index is -0.212. The highest BCUT2D eigenvalue weighted by Gasteiger charge is 1.79. The Kier molecular flexibility index (Phi) is 8.32. The van der Waals surface area contributed by atoms with Crippen LogP contribution in [0.25, 0.3) is 0 Å². The largest absolute Gasteiger partial charge is 0.338 e. The summed E-state index contributed by atoms with van der Waals surface area (Å²) in [6.45, 7) is 2.08. The molecule has 0 radical (unpaired) electrons. The standard InChI is InChI=1S/C5H13ClN2Si/c1-7-3-4-8-9-5-2-6/h2,5,7-8H,3-4,9H2,1H3. The molecule has 0 atom stereocenters. The highest BCUT2D eigenvalue weighted by atomic mass is 35.5. The Labute approximate surface area is 63.6 Å². The van der Waals surface area contributed by atoms with Crippen LogP contribution in [-0.2, 0) is 0 Å². The molecule has 2 nitrogen and oxygen atoms in total. The van der Waals surface area contributed by atoms with Crippen molar-refractivity contribution in [1.82, 2.24) is 10.3 Å². The van der Waals surface area contributed by atoms with Crippen molar-refractivity contribution in [1.29, 1.82) is 0 Å². The summed E-state index contributed by atoms with van der Waals surface area (Å²) < 4.78 is 0. The number of halogens is 1. The molecule has 0 heterocycles. The van der Waals surface area contributed by atoms with Crippen LogP contribution in [0.15, 0.2) is 11.2 Å². The maximum absolute atomic E-state index is 5.31. The van der Waals surface area contributed by atoms with Crippen molar-refractivity contribution in [2.24, 2.45) is 0 Å². The Balaban J connectivity index is 2.75. The van der Waals surface area contributed by atoms with E-state index in [-0.39, 0.29) is 9.68 Å². The van der Waals surface area contributed by atoms with Gasteiger partial charge in [0.05, 0.1) is 0 Å². The van der Waals surface area contributed by atoms with E-state index in [9.17, 15) is 0 Å². The third-order valence-corrected chi connectivity index (χ3v) is 2.49. The van der Waals surface area contributed by atoms with Crippen LogP contribution < -0.4 is 10.3 Å². The van der Waals surface area contributed by atoms with Crippen molar-refractivity contribution < 1.29 is 0 Å². The Morgan fingerprint density at radius 1 is 1.56 bits per heavy atom. The molecule has 0 saturated carbocycles. The summed E-state index contributed by atoms with van der Waals surface area (Å²) in [5, 5.41) is 3.05. The molecule has 0 aliphatic rings. The molecule has 0 rings (SSSR count). The second-order valence-electron chi connectivity index (χ2n) is 1.67. The third kappa shape index (κ3) is 8.17. The van der Waals surface area contributed by atoms with Crippen molar-refractivity contribution >= 4 is 21.3 Å². The molecule has 0 aromatic rings. The lowest BCUT2D eigenvalue weighted by Crippen LogP contribution is -2.26. The fourth-order valence-corrected chi connectivity index (χ4v) is 1.35. The first-order valence-electron chi connectivity index (χ1n) is 3.02. The molecule has 0 aliphatic heterocycles.